The number of hydrazone groups is 1. The summed E-state index contributed by atoms with van der Waals surface area (Å²) in [4.78, 5) is 22.1. The highest BCUT2D eigenvalue weighted by Gasteiger charge is 2.10. The smallest absolute Gasteiger partial charge is 0.278 e. The fraction of sp³-hybridized carbons (Fsp3) is 0.222. The maximum atomic E-state index is 11.8. The van der Waals surface area contributed by atoms with E-state index in [9.17, 15) is 14.9 Å². The average Bonchev–Trinajstić information content (AvgIpc) is 2.60. The molecule has 0 bridgehead atoms. The van der Waals surface area contributed by atoms with E-state index in [0.717, 1.165) is 5.56 Å². The van der Waals surface area contributed by atoms with Crippen molar-refractivity contribution in [3.63, 3.8) is 0 Å². The van der Waals surface area contributed by atoms with Crippen molar-refractivity contribution in [2.45, 2.75) is 19.8 Å². The largest absolute Gasteiger partial charge is 0.484 e. The Bertz CT molecular complexity index is 787. The summed E-state index contributed by atoms with van der Waals surface area (Å²) >= 11 is 0. The van der Waals surface area contributed by atoms with Crippen molar-refractivity contribution in [3.05, 3.63) is 69.8 Å². The molecule has 0 aliphatic rings. The molecule has 2 aromatic carbocycles. The third-order valence-corrected chi connectivity index (χ3v) is 3.42. The van der Waals surface area contributed by atoms with E-state index in [1.54, 1.807) is 24.3 Å². The molecule has 2 aromatic rings. The monoisotopic (exact) mass is 341 g/mol. The van der Waals surface area contributed by atoms with Gasteiger partial charge in [-0.1, -0.05) is 38.1 Å². The number of carbonyl (C=O) groups excluding carboxylic acids is 1. The van der Waals surface area contributed by atoms with Gasteiger partial charge in [-0.15, -0.1) is 0 Å². The van der Waals surface area contributed by atoms with Crippen molar-refractivity contribution >= 4 is 17.8 Å². The fourth-order valence-corrected chi connectivity index (χ4v) is 2.08. The molecule has 0 spiro atoms. The molecule has 0 fully saturated rings. The van der Waals surface area contributed by atoms with E-state index in [0.29, 0.717) is 17.2 Å². The topological polar surface area (TPSA) is 93.8 Å². The third-order valence-electron chi connectivity index (χ3n) is 3.42. The zero-order valence-electron chi connectivity index (χ0n) is 14.0. The number of nitro groups is 1. The number of ether oxygens (including phenoxy) is 1. The highest BCUT2D eigenvalue weighted by atomic mass is 16.6. The predicted octanol–water partition coefficient (Wildman–Crippen LogP) is 3.25. The molecule has 0 saturated carbocycles. The minimum Gasteiger partial charge on any atom is -0.484 e. The Hall–Kier alpha value is -3.22. The van der Waals surface area contributed by atoms with Crippen molar-refractivity contribution in [2.24, 2.45) is 5.10 Å². The van der Waals surface area contributed by atoms with E-state index >= 15 is 0 Å². The summed E-state index contributed by atoms with van der Waals surface area (Å²) in [5.74, 6) is 0.512. The molecule has 0 aliphatic carbocycles. The molecule has 7 nitrogen and oxygen atoms in total. The van der Waals surface area contributed by atoms with E-state index in [-0.39, 0.29) is 12.3 Å². The zero-order chi connectivity index (χ0) is 18.2. The second-order valence-corrected chi connectivity index (χ2v) is 5.62. The van der Waals surface area contributed by atoms with Gasteiger partial charge in [0.15, 0.2) is 6.61 Å². The van der Waals surface area contributed by atoms with Gasteiger partial charge in [0.1, 0.15) is 5.75 Å². The van der Waals surface area contributed by atoms with Gasteiger partial charge in [-0.05, 0) is 29.7 Å². The normalized spacial score (nSPS) is 10.8. The summed E-state index contributed by atoms with van der Waals surface area (Å²) < 4.78 is 5.43. The Morgan fingerprint density at radius 3 is 2.76 bits per heavy atom. The molecule has 1 amide bonds. The first-order chi connectivity index (χ1) is 12.0. The van der Waals surface area contributed by atoms with Crippen LogP contribution in [-0.4, -0.2) is 23.7 Å². The van der Waals surface area contributed by atoms with Gasteiger partial charge in [-0.3, -0.25) is 14.9 Å². The maximum absolute atomic E-state index is 11.8. The van der Waals surface area contributed by atoms with Gasteiger partial charge in [-0.2, -0.15) is 5.10 Å². The minimum atomic E-state index is -0.506. The Morgan fingerprint density at radius 1 is 1.28 bits per heavy atom. The van der Waals surface area contributed by atoms with Crippen LogP contribution in [-0.2, 0) is 4.79 Å². The van der Waals surface area contributed by atoms with Crippen LogP contribution < -0.4 is 10.2 Å². The van der Waals surface area contributed by atoms with Crippen LogP contribution in [0.4, 0.5) is 5.69 Å². The van der Waals surface area contributed by atoms with Gasteiger partial charge in [0, 0.05) is 6.07 Å². The lowest BCUT2D eigenvalue weighted by molar-refractivity contribution is -0.385. The number of para-hydroxylation sites is 1. The number of nitrogens with one attached hydrogen (secondary N) is 1. The van der Waals surface area contributed by atoms with Crippen LogP contribution in [0.2, 0.25) is 0 Å². The van der Waals surface area contributed by atoms with Crippen LogP contribution in [0.25, 0.3) is 0 Å². The van der Waals surface area contributed by atoms with Crippen LogP contribution in [0.1, 0.15) is 30.9 Å². The molecular formula is C18H19N3O4. The molecule has 130 valence electrons. The molecule has 0 saturated heterocycles. The number of benzene rings is 2. The number of amides is 1. The van der Waals surface area contributed by atoms with Crippen LogP contribution in [0.5, 0.6) is 5.75 Å². The second-order valence-electron chi connectivity index (χ2n) is 5.62. The molecule has 2 rings (SSSR count). The lowest BCUT2D eigenvalue weighted by Gasteiger charge is -2.09. The average molecular weight is 341 g/mol. The molecular weight excluding hydrogens is 322 g/mol. The van der Waals surface area contributed by atoms with Crippen molar-refractivity contribution < 1.29 is 14.5 Å². The van der Waals surface area contributed by atoms with E-state index in [2.05, 4.69) is 24.4 Å². The Kier molecular flexibility index (Phi) is 6.22. The van der Waals surface area contributed by atoms with Crippen LogP contribution in [0.3, 0.4) is 0 Å². The van der Waals surface area contributed by atoms with E-state index in [1.165, 1.54) is 12.3 Å². The van der Waals surface area contributed by atoms with Crippen LogP contribution in [0, 0.1) is 10.1 Å². The molecule has 7 heteroatoms. The fourth-order valence-electron chi connectivity index (χ4n) is 2.08. The van der Waals surface area contributed by atoms with E-state index in [1.807, 2.05) is 18.2 Å². The molecule has 0 atom stereocenters. The molecule has 0 aromatic heterocycles. The Morgan fingerprint density at radius 2 is 2.04 bits per heavy atom. The summed E-state index contributed by atoms with van der Waals surface area (Å²) in [6, 6.07) is 13.7. The van der Waals surface area contributed by atoms with Gasteiger partial charge >= 0.3 is 0 Å². The number of nitro benzene ring substituents is 1. The van der Waals surface area contributed by atoms with E-state index in [4.69, 9.17) is 4.74 Å². The Labute approximate surface area is 145 Å². The first kappa shape index (κ1) is 18.1. The number of hydrogen-bond acceptors (Lipinski definition) is 5. The highest BCUT2D eigenvalue weighted by Crippen LogP contribution is 2.20. The van der Waals surface area contributed by atoms with Gasteiger partial charge in [0.2, 0.25) is 0 Å². The van der Waals surface area contributed by atoms with Gasteiger partial charge < -0.3 is 4.74 Å². The standard InChI is InChI=1S/C18H19N3O4/c1-13(2)14-7-5-8-16(10-14)25-12-18(22)20-19-11-15-6-3-4-9-17(15)21(23)24/h3-11,13H,12H2,1-2H3,(H,20,22)/b19-11+. The molecule has 0 unspecified atom stereocenters. The molecule has 0 heterocycles. The minimum absolute atomic E-state index is 0.0813. The predicted molar refractivity (Wildman–Crippen MR) is 94.9 cm³/mol. The quantitative estimate of drug-likeness (QED) is 0.475. The van der Waals surface area contributed by atoms with Crippen molar-refractivity contribution in [1.29, 1.82) is 0 Å². The van der Waals surface area contributed by atoms with Crippen molar-refractivity contribution in [3.8, 4) is 5.75 Å². The summed E-state index contributed by atoms with van der Waals surface area (Å²) in [5, 5.41) is 14.6. The number of carbonyl (C=O) groups is 1. The highest BCUT2D eigenvalue weighted by molar-refractivity contribution is 5.86. The molecule has 0 aliphatic heterocycles. The first-order valence-corrected chi connectivity index (χ1v) is 7.75. The third kappa shape index (κ3) is 5.42. The van der Waals surface area contributed by atoms with Crippen molar-refractivity contribution in [2.75, 3.05) is 6.61 Å². The molecule has 1 N–H and O–H groups in total. The lowest BCUT2D eigenvalue weighted by Crippen LogP contribution is -2.24. The summed E-state index contributed by atoms with van der Waals surface area (Å²) in [5.41, 5.74) is 3.63. The molecule has 0 radical (unpaired) electrons. The van der Waals surface area contributed by atoms with Gasteiger partial charge in [0.25, 0.3) is 11.6 Å². The maximum Gasteiger partial charge on any atom is 0.278 e. The molecule has 25 heavy (non-hydrogen) atoms. The van der Waals surface area contributed by atoms with Gasteiger partial charge in [-0.25, -0.2) is 5.43 Å². The van der Waals surface area contributed by atoms with Crippen LogP contribution >= 0.6 is 0 Å². The van der Waals surface area contributed by atoms with Crippen LogP contribution in [0.15, 0.2) is 53.6 Å². The van der Waals surface area contributed by atoms with Crippen molar-refractivity contribution in [1.82, 2.24) is 5.43 Å². The SMILES string of the molecule is CC(C)c1cccc(OCC(=O)N/N=C/c2ccccc2[N+](=O)[O-])c1. The van der Waals surface area contributed by atoms with E-state index < -0.39 is 10.8 Å². The first-order valence-electron chi connectivity index (χ1n) is 7.75. The zero-order valence-corrected chi connectivity index (χ0v) is 14.0. The Balaban J connectivity index is 1.89. The summed E-state index contributed by atoms with van der Waals surface area (Å²) in [7, 11) is 0. The number of hydrogen-bond donors (Lipinski definition) is 1. The second kappa shape index (κ2) is 8.58. The van der Waals surface area contributed by atoms with Gasteiger partial charge in [0.05, 0.1) is 16.7 Å². The lowest BCUT2D eigenvalue weighted by atomic mass is 10.0. The summed E-state index contributed by atoms with van der Waals surface area (Å²) in [6.45, 7) is 3.95. The summed E-state index contributed by atoms with van der Waals surface area (Å²) in [6.07, 6.45) is 1.23. The number of nitrogens with zero attached hydrogens (tertiary/aromatic N) is 2. The number of rotatable bonds is 7.